The van der Waals surface area contributed by atoms with E-state index in [0.29, 0.717) is 18.4 Å². The lowest BCUT2D eigenvalue weighted by atomic mass is 9.95. The fourth-order valence-electron chi connectivity index (χ4n) is 3.07. The molecule has 0 heterocycles. The first kappa shape index (κ1) is 28.1. The van der Waals surface area contributed by atoms with Gasteiger partial charge in [0.05, 0.1) is 13.2 Å². The number of thioether (sulfide) groups is 1. The van der Waals surface area contributed by atoms with Gasteiger partial charge < -0.3 is 19.9 Å². The zero-order chi connectivity index (χ0) is 23.3. The predicted octanol–water partition coefficient (Wildman–Crippen LogP) is 4.85. The second kappa shape index (κ2) is 15.0. The number of alkyl carbamates (subject to hydrolysis) is 1. The van der Waals surface area contributed by atoms with Gasteiger partial charge in [0.2, 0.25) is 5.91 Å². The predicted molar refractivity (Wildman–Crippen MR) is 132 cm³/mol. The molecule has 0 aromatic rings. The number of allylic oxidation sites excluding steroid dienone is 2. The number of ether oxygens (including phenoxy) is 1. The Kier molecular flexibility index (Phi) is 13.7. The van der Waals surface area contributed by atoms with Crippen LogP contribution in [0.25, 0.3) is 0 Å². The highest BCUT2D eigenvalue weighted by molar-refractivity contribution is 8.56. The molecule has 0 bridgehead atoms. The number of amides is 2. The molecule has 2 amide bonds. The topological polar surface area (TPSA) is 93.7 Å². The third-order valence-electron chi connectivity index (χ3n) is 5.13. The maximum absolute atomic E-state index is 12.3. The second-order valence-corrected chi connectivity index (χ2v) is 13.8. The van der Waals surface area contributed by atoms with Crippen LogP contribution in [0, 0.1) is 5.92 Å². The Hall–Kier alpha value is -0.890. The van der Waals surface area contributed by atoms with E-state index in [0.717, 1.165) is 31.3 Å². The maximum Gasteiger partial charge on any atom is 0.407 e. The van der Waals surface area contributed by atoms with E-state index < -0.39 is 12.7 Å². The van der Waals surface area contributed by atoms with Crippen molar-refractivity contribution in [1.29, 1.82) is 0 Å². The number of hydrogen-bond donors (Lipinski definition) is 2. The molecule has 3 atom stereocenters. The van der Waals surface area contributed by atoms with Gasteiger partial charge in [-0.3, -0.25) is 9.36 Å². The van der Waals surface area contributed by atoms with Crippen LogP contribution >= 0.6 is 29.7 Å². The summed E-state index contributed by atoms with van der Waals surface area (Å²) >= 11 is 3.03. The van der Waals surface area contributed by atoms with Crippen LogP contribution in [0.4, 0.5) is 4.79 Å². The van der Waals surface area contributed by atoms with Crippen molar-refractivity contribution in [3.63, 3.8) is 0 Å². The Morgan fingerprint density at radius 3 is 2.48 bits per heavy atom. The molecule has 1 rings (SSSR count). The van der Waals surface area contributed by atoms with Crippen molar-refractivity contribution in [2.24, 2.45) is 5.92 Å². The molecule has 1 aliphatic carbocycles. The molecule has 0 aliphatic heterocycles. The number of unbranched alkanes of at least 4 members (excludes halogenated alkanes) is 3. The fourth-order valence-corrected chi connectivity index (χ4v) is 4.73. The first-order valence-electron chi connectivity index (χ1n) is 10.6. The van der Waals surface area contributed by atoms with E-state index >= 15 is 0 Å². The Morgan fingerprint density at radius 2 is 1.81 bits per heavy atom. The van der Waals surface area contributed by atoms with Gasteiger partial charge in [0.1, 0.15) is 6.61 Å². The minimum absolute atomic E-state index is 0.107. The summed E-state index contributed by atoms with van der Waals surface area (Å²) in [6.07, 6.45) is 10.9. The van der Waals surface area contributed by atoms with E-state index in [1.807, 2.05) is 19.1 Å². The van der Waals surface area contributed by atoms with Crippen LogP contribution in [0.2, 0.25) is 0 Å². The van der Waals surface area contributed by atoms with E-state index in [1.165, 1.54) is 17.0 Å². The second-order valence-electron chi connectivity index (χ2n) is 7.41. The average Bonchev–Trinajstić information content (AvgIpc) is 3.13. The van der Waals surface area contributed by atoms with Crippen molar-refractivity contribution >= 4 is 41.7 Å². The number of nitrogens with one attached hydrogen (secondary N) is 2. The highest BCUT2D eigenvalue weighted by atomic mass is 32.7. The zero-order valence-electron chi connectivity index (χ0n) is 19.3. The molecule has 1 aliphatic rings. The molecule has 178 valence electrons. The largest absolute Gasteiger partial charge is 0.448 e. The average molecular weight is 493 g/mol. The fraction of sp³-hybridized carbons (Fsp3) is 0.714. The molecular formula is C21H37N2O5PS2. The molecule has 0 spiro atoms. The van der Waals surface area contributed by atoms with Crippen molar-refractivity contribution in [3.05, 3.63) is 23.3 Å². The first-order valence-corrected chi connectivity index (χ1v) is 15.8. The van der Waals surface area contributed by atoms with Crippen LogP contribution < -0.4 is 10.6 Å². The van der Waals surface area contributed by atoms with Crippen LogP contribution in [0.5, 0.6) is 0 Å². The Labute approximate surface area is 195 Å². The SMILES string of the molecule is CSC(C)C1=CC=C(C(=O)NCCOC(=O)NCCCCCCOP(C)(=O)SC)C1C. The number of carbonyl (C=O) groups excluding carboxylic acids is 2. The maximum atomic E-state index is 12.3. The van der Waals surface area contributed by atoms with E-state index in [2.05, 4.69) is 23.8 Å². The number of hydrogen-bond acceptors (Lipinski definition) is 7. The molecule has 10 heteroatoms. The summed E-state index contributed by atoms with van der Waals surface area (Å²) in [4.78, 5) is 24.1. The summed E-state index contributed by atoms with van der Waals surface area (Å²) in [6.45, 7) is 4.78. The van der Waals surface area contributed by atoms with Crippen LogP contribution in [-0.2, 0) is 18.6 Å². The van der Waals surface area contributed by atoms with Crippen LogP contribution in [0.15, 0.2) is 23.3 Å². The number of carbonyl (C=O) groups is 2. The third-order valence-corrected chi connectivity index (χ3v) is 9.73. The van der Waals surface area contributed by atoms with E-state index in [4.69, 9.17) is 9.26 Å². The molecule has 0 aromatic heterocycles. The van der Waals surface area contributed by atoms with E-state index in [-0.39, 0.29) is 25.0 Å². The summed E-state index contributed by atoms with van der Waals surface area (Å²) in [6, 6.07) is 0. The number of rotatable bonds is 15. The molecule has 0 saturated heterocycles. The summed E-state index contributed by atoms with van der Waals surface area (Å²) in [5.41, 5.74) is 2.01. The molecule has 3 unspecified atom stereocenters. The van der Waals surface area contributed by atoms with Gasteiger partial charge in [-0.25, -0.2) is 4.79 Å². The quantitative estimate of drug-likeness (QED) is 0.249. The van der Waals surface area contributed by atoms with E-state index in [1.54, 1.807) is 24.7 Å². The highest BCUT2D eigenvalue weighted by Gasteiger charge is 2.26. The van der Waals surface area contributed by atoms with Gasteiger partial charge in [-0.1, -0.05) is 48.9 Å². The van der Waals surface area contributed by atoms with Gasteiger partial charge >= 0.3 is 6.09 Å². The molecule has 31 heavy (non-hydrogen) atoms. The molecule has 0 aromatic carbocycles. The summed E-state index contributed by atoms with van der Waals surface area (Å²) in [5.74, 6) is -0.00718. The van der Waals surface area contributed by atoms with Gasteiger partial charge in [0.15, 0.2) is 0 Å². The normalized spacial score (nSPS) is 18.5. The summed E-state index contributed by atoms with van der Waals surface area (Å²) < 4.78 is 22.2. The van der Waals surface area contributed by atoms with Crippen molar-refractivity contribution in [2.45, 2.75) is 44.8 Å². The van der Waals surface area contributed by atoms with Gasteiger partial charge in [0, 0.05) is 30.0 Å². The smallest absolute Gasteiger partial charge is 0.407 e. The molecule has 0 saturated carbocycles. The monoisotopic (exact) mass is 492 g/mol. The molecule has 2 N–H and O–H groups in total. The highest BCUT2D eigenvalue weighted by Crippen LogP contribution is 2.54. The van der Waals surface area contributed by atoms with Crippen molar-refractivity contribution in [2.75, 3.05) is 45.5 Å². The molecule has 7 nitrogen and oxygen atoms in total. The lowest BCUT2D eigenvalue weighted by Gasteiger charge is -2.18. The molecule has 0 fully saturated rings. The van der Waals surface area contributed by atoms with Gasteiger partial charge in [0.25, 0.3) is 6.57 Å². The first-order chi connectivity index (χ1) is 14.7. The zero-order valence-corrected chi connectivity index (χ0v) is 21.8. The van der Waals surface area contributed by atoms with Crippen molar-refractivity contribution < 1.29 is 23.4 Å². The van der Waals surface area contributed by atoms with E-state index in [9.17, 15) is 14.2 Å². The van der Waals surface area contributed by atoms with Crippen molar-refractivity contribution in [1.82, 2.24) is 10.6 Å². The Morgan fingerprint density at radius 1 is 1.10 bits per heavy atom. The van der Waals surface area contributed by atoms with Crippen LogP contribution in [-0.4, -0.2) is 62.7 Å². The minimum Gasteiger partial charge on any atom is -0.448 e. The van der Waals surface area contributed by atoms with Gasteiger partial charge in [-0.15, -0.1) is 0 Å². The Balaban J connectivity index is 2.04. The van der Waals surface area contributed by atoms with Crippen LogP contribution in [0.1, 0.15) is 39.5 Å². The molecule has 0 radical (unpaired) electrons. The summed E-state index contributed by atoms with van der Waals surface area (Å²) in [7, 11) is 0. The lowest BCUT2D eigenvalue weighted by molar-refractivity contribution is -0.118. The van der Waals surface area contributed by atoms with Crippen molar-refractivity contribution in [3.8, 4) is 0 Å². The third kappa shape index (κ3) is 11.0. The molecular weight excluding hydrogens is 455 g/mol. The minimum atomic E-state index is -2.48. The summed E-state index contributed by atoms with van der Waals surface area (Å²) in [5, 5.41) is 5.90. The van der Waals surface area contributed by atoms with Gasteiger partial charge in [-0.05, 0) is 32.3 Å². The lowest BCUT2D eigenvalue weighted by Crippen LogP contribution is -2.33. The Bertz CT molecular complexity index is 699. The van der Waals surface area contributed by atoms with Gasteiger partial charge in [-0.2, -0.15) is 11.8 Å². The van der Waals surface area contributed by atoms with Crippen LogP contribution in [0.3, 0.4) is 0 Å². The standard InChI is InChI=1S/C21H37N2O5PS2/c1-16-18(17(2)30-4)10-11-19(16)20(24)22-13-15-27-21(25)23-12-8-6-7-9-14-28-29(3,26)31-5/h10-11,16-17H,6-9,12-15H2,1-5H3,(H,22,24)(H,23,25).